The van der Waals surface area contributed by atoms with Gasteiger partial charge in [-0.25, -0.2) is 0 Å². The summed E-state index contributed by atoms with van der Waals surface area (Å²) in [5.41, 5.74) is 2.27. The standard InChI is InChI=1S/C19H25N3O2/c1-15(2)10-19(23)22-11-17-4-3-9-21(17)12-18(13-22)24-14-16-5-7-20-8-6-16/h3-9,15,18H,10-14H2,1-2H3/t18-/m1/s1. The summed E-state index contributed by atoms with van der Waals surface area (Å²) in [6, 6.07) is 8.03. The Bertz CT molecular complexity index is 666. The van der Waals surface area contributed by atoms with Gasteiger partial charge in [0.05, 0.1) is 25.8 Å². The molecule has 5 heteroatoms. The zero-order valence-corrected chi connectivity index (χ0v) is 14.4. The number of aromatic nitrogens is 2. The van der Waals surface area contributed by atoms with E-state index in [0.717, 1.165) is 12.1 Å². The molecule has 0 aliphatic carbocycles. The highest BCUT2D eigenvalue weighted by molar-refractivity contribution is 5.76. The third-order valence-corrected chi connectivity index (χ3v) is 4.27. The summed E-state index contributed by atoms with van der Waals surface area (Å²) in [6.07, 6.45) is 6.18. The van der Waals surface area contributed by atoms with Gasteiger partial charge in [0, 0.05) is 37.3 Å². The van der Waals surface area contributed by atoms with E-state index in [1.807, 2.05) is 23.1 Å². The first-order valence-electron chi connectivity index (χ1n) is 8.54. The molecule has 0 unspecified atom stereocenters. The van der Waals surface area contributed by atoms with E-state index in [1.165, 1.54) is 5.69 Å². The Kier molecular flexibility index (Phi) is 5.30. The van der Waals surface area contributed by atoms with Gasteiger partial charge in [-0.2, -0.15) is 0 Å². The third-order valence-electron chi connectivity index (χ3n) is 4.27. The quantitative estimate of drug-likeness (QED) is 0.848. The molecule has 0 saturated heterocycles. The molecule has 1 atom stereocenters. The predicted molar refractivity (Wildman–Crippen MR) is 92.1 cm³/mol. The lowest BCUT2D eigenvalue weighted by Gasteiger charge is -2.25. The van der Waals surface area contributed by atoms with Crippen LogP contribution in [0.3, 0.4) is 0 Å². The zero-order chi connectivity index (χ0) is 16.9. The topological polar surface area (TPSA) is 47.4 Å². The molecule has 0 aromatic carbocycles. The Morgan fingerprint density at radius 1 is 1.29 bits per heavy atom. The van der Waals surface area contributed by atoms with E-state index in [-0.39, 0.29) is 12.0 Å². The van der Waals surface area contributed by atoms with Crippen LogP contribution in [0.4, 0.5) is 0 Å². The number of hydrogen-bond donors (Lipinski definition) is 0. The van der Waals surface area contributed by atoms with Gasteiger partial charge in [-0.3, -0.25) is 9.78 Å². The summed E-state index contributed by atoms with van der Waals surface area (Å²) in [7, 11) is 0. The van der Waals surface area contributed by atoms with Gasteiger partial charge >= 0.3 is 0 Å². The van der Waals surface area contributed by atoms with Crippen LogP contribution in [0, 0.1) is 5.92 Å². The first-order valence-corrected chi connectivity index (χ1v) is 8.54. The number of ether oxygens (including phenoxy) is 1. The van der Waals surface area contributed by atoms with Crippen molar-refractivity contribution in [1.29, 1.82) is 0 Å². The molecule has 128 valence electrons. The summed E-state index contributed by atoms with van der Waals surface area (Å²) in [5.74, 6) is 0.570. The van der Waals surface area contributed by atoms with Gasteiger partial charge in [-0.05, 0) is 35.7 Å². The molecule has 0 spiro atoms. The lowest BCUT2D eigenvalue weighted by atomic mass is 10.1. The smallest absolute Gasteiger partial charge is 0.223 e. The minimum Gasteiger partial charge on any atom is -0.370 e. The minimum atomic E-state index is -0.0112. The van der Waals surface area contributed by atoms with Gasteiger partial charge in [0.25, 0.3) is 0 Å². The maximum absolute atomic E-state index is 12.6. The Morgan fingerprint density at radius 2 is 2.08 bits per heavy atom. The fraction of sp³-hybridized carbons (Fsp3) is 0.474. The molecule has 2 aromatic rings. The molecule has 3 rings (SSSR count). The van der Waals surface area contributed by atoms with Crippen LogP contribution >= 0.6 is 0 Å². The van der Waals surface area contributed by atoms with Gasteiger partial charge < -0.3 is 14.2 Å². The number of carbonyl (C=O) groups excluding carboxylic acids is 1. The molecule has 0 bridgehead atoms. The van der Waals surface area contributed by atoms with E-state index < -0.39 is 0 Å². The van der Waals surface area contributed by atoms with Crippen LogP contribution in [0.2, 0.25) is 0 Å². The van der Waals surface area contributed by atoms with Gasteiger partial charge in [0.1, 0.15) is 0 Å². The first-order chi connectivity index (χ1) is 11.6. The number of rotatable bonds is 5. The van der Waals surface area contributed by atoms with Crippen LogP contribution in [-0.2, 0) is 29.2 Å². The predicted octanol–water partition coefficient (Wildman–Crippen LogP) is 2.86. The minimum absolute atomic E-state index is 0.0112. The summed E-state index contributed by atoms with van der Waals surface area (Å²) >= 11 is 0. The van der Waals surface area contributed by atoms with Crippen molar-refractivity contribution in [1.82, 2.24) is 14.5 Å². The van der Waals surface area contributed by atoms with Crippen LogP contribution in [0.1, 0.15) is 31.5 Å². The number of fused-ring (bicyclic) bond motifs is 1. The van der Waals surface area contributed by atoms with Crippen molar-refractivity contribution in [2.75, 3.05) is 6.54 Å². The summed E-state index contributed by atoms with van der Waals surface area (Å²) in [6.45, 7) is 6.77. The maximum Gasteiger partial charge on any atom is 0.223 e. The number of amides is 1. The van der Waals surface area contributed by atoms with Gasteiger partial charge in [-0.1, -0.05) is 13.8 Å². The molecule has 24 heavy (non-hydrogen) atoms. The van der Waals surface area contributed by atoms with Crippen molar-refractivity contribution in [2.24, 2.45) is 5.92 Å². The van der Waals surface area contributed by atoms with Crippen LogP contribution in [0.25, 0.3) is 0 Å². The summed E-state index contributed by atoms with van der Waals surface area (Å²) in [4.78, 5) is 18.5. The van der Waals surface area contributed by atoms with Gasteiger partial charge in [0.2, 0.25) is 5.91 Å². The van der Waals surface area contributed by atoms with Crippen LogP contribution in [-0.4, -0.2) is 33.0 Å². The molecule has 0 saturated carbocycles. The molecule has 0 N–H and O–H groups in total. The average Bonchev–Trinajstić information content (AvgIpc) is 2.91. The normalized spacial score (nSPS) is 17.6. The molecule has 5 nitrogen and oxygen atoms in total. The van der Waals surface area contributed by atoms with Gasteiger partial charge in [-0.15, -0.1) is 0 Å². The Hall–Kier alpha value is -2.14. The molecular weight excluding hydrogens is 302 g/mol. The number of carbonyl (C=O) groups is 1. The largest absolute Gasteiger partial charge is 0.370 e. The summed E-state index contributed by atoms with van der Waals surface area (Å²) < 4.78 is 8.31. The van der Waals surface area contributed by atoms with Crippen molar-refractivity contribution in [3.8, 4) is 0 Å². The van der Waals surface area contributed by atoms with Crippen LogP contribution in [0.15, 0.2) is 42.9 Å². The number of nitrogens with zero attached hydrogens (tertiary/aromatic N) is 3. The second-order valence-corrected chi connectivity index (χ2v) is 6.81. The van der Waals surface area contributed by atoms with Crippen LogP contribution < -0.4 is 0 Å². The van der Waals surface area contributed by atoms with E-state index in [2.05, 4.69) is 35.7 Å². The molecule has 1 aliphatic heterocycles. The van der Waals surface area contributed by atoms with Crippen molar-refractivity contribution in [2.45, 2.75) is 46.1 Å². The second kappa shape index (κ2) is 7.62. The number of hydrogen-bond acceptors (Lipinski definition) is 3. The Labute approximate surface area is 143 Å². The van der Waals surface area contributed by atoms with Gasteiger partial charge in [0.15, 0.2) is 0 Å². The molecule has 1 amide bonds. The third kappa shape index (κ3) is 4.23. The van der Waals surface area contributed by atoms with Crippen molar-refractivity contribution in [3.63, 3.8) is 0 Å². The number of pyridine rings is 1. The monoisotopic (exact) mass is 327 g/mol. The molecular formula is C19H25N3O2. The molecule has 0 fully saturated rings. The molecule has 2 aromatic heterocycles. The first kappa shape index (κ1) is 16.7. The van der Waals surface area contributed by atoms with E-state index in [1.54, 1.807) is 12.4 Å². The maximum atomic E-state index is 12.6. The SMILES string of the molecule is CC(C)CC(=O)N1Cc2cccn2C[C@@H](OCc2ccncc2)C1. The van der Waals surface area contributed by atoms with Crippen molar-refractivity contribution >= 4 is 5.91 Å². The highest BCUT2D eigenvalue weighted by Crippen LogP contribution is 2.18. The Balaban J connectivity index is 1.70. The summed E-state index contributed by atoms with van der Waals surface area (Å²) in [5, 5.41) is 0. The molecule has 1 aliphatic rings. The fourth-order valence-electron chi connectivity index (χ4n) is 3.02. The van der Waals surface area contributed by atoms with E-state index in [4.69, 9.17) is 4.74 Å². The highest BCUT2D eigenvalue weighted by Gasteiger charge is 2.25. The zero-order valence-electron chi connectivity index (χ0n) is 14.4. The lowest BCUT2D eigenvalue weighted by Crippen LogP contribution is -2.37. The van der Waals surface area contributed by atoms with Crippen molar-refractivity contribution in [3.05, 3.63) is 54.1 Å². The average molecular weight is 327 g/mol. The fourth-order valence-corrected chi connectivity index (χ4v) is 3.02. The second-order valence-electron chi connectivity index (χ2n) is 6.81. The van der Waals surface area contributed by atoms with Crippen molar-refractivity contribution < 1.29 is 9.53 Å². The van der Waals surface area contributed by atoms with E-state index >= 15 is 0 Å². The highest BCUT2D eigenvalue weighted by atomic mass is 16.5. The lowest BCUT2D eigenvalue weighted by molar-refractivity contribution is -0.134. The van der Waals surface area contributed by atoms with Crippen LogP contribution in [0.5, 0.6) is 0 Å². The van der Waals surface area contributed by atoms with E-state index in [0.29, 0.717) is 32.0 Å². The molecule has 3 heterocycles. The molecule has 0 radical (unpaired) electrons. The van der Waals surface area contributed by atoms with E-state index in [9.17, 15) is 4.79 Å². The Morgan fingerprint density at radius 3 is 2.83 bits per heavy atom.